The van der Waals surface area contributed by atoms with Crippen molar-refractivity contribution in [3.8, 4) is 0 Å². The van der Waals surface area contributed by atoms with Crippen LogP contribution in [0.3, 0.4) is 0 Å². The predicted molar refractivity (Wildman–Crippen MR) is 86.5 cm³/mol. The number of ether oxygens (including phenoxy) is 1. The maximum Gasteiger partial charge on any atom is 0.168 e. The summed E-state index contributed by atoms with van der Waals surface area (Å²) >= 11 is 0. The van der Waals surface area contributed by atoms with Crippen molar-refractivity contribution in [3.05, 3.63) is 35.4 Å². The second-order valence-electron chi connectivity index (χ2n) is 6.38. The molecule has 0 saturated heterocycles. The molecule has 0 amide bonds. The standard InChI is InChI=1S/C19H28O2/c1-4-16-6-8-17(9-7-16)14-18(20)19(21-5-2)12-10-15(3)11-13-19/h6-9,15H,4-5,10-14H2,1-3H3. The van der Waals surface area contributed by atoms with Gasteiger partial charge in [-0.15, -0.1) is 0 Å². The van der Waals surface area contributed by atoms with E-state index in [0.29, 0.717) is 13.0 Å². The quantitative estimate of drug-likeness (QED) is 0.778. The third-order valence-corrected chi connectivity index (χ3v) is 4.81. The highest BCUT2D eigenvalue weighted by Crippen LogP contribution is 2.36. The highest BCUT2D eigenvalue weighted by Gasteiger charge is 2.41. The third kappa shape index (κ3) is 3.94. The van der Waals surface area contributed by atoms with Crippen LogP contribution in [0.15, 0.2) is 24.3 Å². The average Bonchev–Trinajstić information content (AvgIpc) is 2.51. The van der Waals surface area contributed by atoms with Gasteiger partial charge in [-0.2, -0.15) is 0 Å². The molecule has 2 rings (SSSR count). The van der Waals surface area contributed by atoms with Crippen LogP contribution in [0.4, 0.5) is 0 Å². The Morgan fingerprint density at radius 3 is 2.24 bits per heavy atom. The number of carbonyl (C=O) groups excluding carboxylic acids is 1. The molecule has 116 valence electrons. The molecule has 1 fully saturated rings. The summed E-state index contributed by atoms with van der Waals surface area (Å²) in [7, 11) is 0. The van der Waals surface area contributed by atoms with Gasteiger partial charge in [-0.25, -0.2) is 0 Å². The lowest BCUT2D eigenvalue weighted by atomic mass is 9.75. The van der Waals surface area contributed by atoms with E-state index in [9.17, 15) is 4.79 Å². The molecular formula is C19H28O2. The fraction of sp³-hybridized carbons (Fsp3) is 0.632. The van der Waals surface area contributed by atoms with Gasteiger partial charge in [0, 0.05) is 13.0 Å². The van der Waals surface area contributed by atoms with Crippen LogP contribution < -0.4 is 0 Å². The minimum atomic E-state index is -0.523. The number of aryl methyl sites for hydroxylation is 1. The molecule has 1 saturated carbocycles. The van der Waals surface area contributed by atoms with Crippen molar-refractivity contribution in [2.75, 3.05) is 6.61 Å². The van der Waals surface area contributed by atoms with Crippen molar-refractivity contribution >= 4 is 5.78 Å². The number of hydrogen-bond acceptors (Lipinski definition) is 2. The Bertz CT molecular complexity index is 453. The molecule has 0 spiro atoms. The summed E-state index contributed by atoms with van der Waals surface area (Å²) in [5.74, 6) is 0.982. The number of rotatable bonds is 6. The Labute approximate surface area is 128 Å². The average molecular weight is 288 g/mol. The van der Waals surface area contributed by atoms with Gasteiger partial charge in [0.25, 0.3) is 0 Å². The first-order chi connectivity index (χ1) is 10.1. The van der Waals surface area contributed by atoms with E-state index in [4.69, 9.17) is 4.74 Å². The zero-order valence-electron chi connectivity index (χ0n) is 13.7. The van der Waals surface area contributed by atoms with Crippen LogP contribution in [0.2, 0.25) is 0 Å². The first kappa shape index (κ1) is 16.2. The molecule has 2 heteroatoms. The second-order valence-corrected chi connectivity index (χ2v) is 6.38. The van der Waals surface area contributed by atoms with Gasteiger partial charge in [-0.05, 0) is 56.1 Å². The number of benzene rings is 1. The minimum absolute atomic E-state index is 0.264. The molecule has 1 aliphatic rings. The van der Waals surface area contributed by atoms with Crippen molar-refractivity contribution in [3.63, 3.8) is 0 Å². The van der Waals surface area contributed by atoms with Gasteiger partial charge in [0.1, 0.15) is 5.60 Å². The monoisotopic (exact) mass is 288 g/mol. The second kappa shape index (κ2) is 7.22. The summed E-state index contributed by atoms with van der Waals surface area (Å²) < 4.78 is 5.95. The van der Waals surface area contributed by atoms with E-state index in [-0.39, 0.29) is 5.78 Å². The van der Waals surface area contributed by atoms with Crippen LogP contribution in [-0.2, 0) is 22.4 Å². The van der Waals surface area contributed by atoms with Crippen LogP contribution in [0.25, 0.3) is 0 Å². The fourth-order valence-electron chi connectivity index (χ4n) is 3.25. The molecule has 1 aromatic rings. The van der Waals surface area contributed by atoms with Gasteiger partial charge in [-0.1, -0.05) is 38.1 Å². The van der Waals surface area contributed by atoms with Crippen molar-refractivity contribution in [1.29, 1.82) is 0 Å². The first-order valence-corrected chi connectivity index (χ1v) is 8.34. The zero-order valence-corrected chi connectivity index (χ0v) is 13.7. The molecule has 0 atom stereocenters. The lowest BCUT2D eigenvalue weighted by molar-refractivity contribution is -0.149. The van der Waals surface area contributed by atoms with Crippen LogP contribution in [0.1, 0.15) is 57.6 Å². The van der Waals surface area contributed by atoms with E-state index in [2.05, 4.69) is 38.1 Å². The van der Waals surface area contributed by atoms with Gasteiger partial charge >= 0.3 is 0 Å². The normalized spacial score (nSPS) is 25.8. The minimum Gasteiger partial charge on any atom is -0.367 e. The fourth-order valence-corrected chi connectivity index (χ4v) is 3.25. The van der Waals surface area contributed by atoms with Crippen LogP contribution >= 0.6 is 0 Å². The lowest BCUT2D eigenvalue weighted by Crippen LogP contribution is -2.45. The van der Waals surface area contributed by atoms with E-state index in [0.717, 1.165) is 43.6 Å². The largest absolute Gasteiger partial charge is 0.367 e. The Kier molecular flexibility index (Phi) is 5.58. The van der Waals surface area contributed by atoms with Crippen molar-refractivity contribution in [2.24, 2.45) is 5.92 Å². The van der Waals surface area contributed by atoms with E-state index < -0.39 is 5.60 Å². The Hall–Kier alpha value is -1.15. The van der Waals surface area contributed by atoms with Gasteiger partial charge in [0.2, 0.25) is 0 Å². The summed E-state index contributed by atoms with van der Waals surface area (Å²) in [6.45, 7) is 7.02. The molecule has 0 aliphatic heterocycles. The number of Topliss-reactive ketones (excluding diaryl/α,β-unsaturated/α-hetero) is 1. The molecule has 0 aromatic heterocycles. The smallest absolute Gasteiger partial charge is 0.168 e. The van der Waals surface area contributed by atoms with Gasteiger partial charge in [-0.3, -0.25) is 4.79 Å². The third-order valence-electron chi connectivity index (χ3n) is 4.81. The molecule has 0 heterocycles. The Balaban J connectivity index is 2.07. The van der Waals surface area contributed by atoms with Crippen LogP contribution in [0, 0.1) is 5.92 Å². The summed E-state index contributed by atoms with van der Waals surface area (Å²) in [6, 6.07) is 8.42. The highest BCUT2D eigenvalue weighted by atomic mass is 16.5. The highest BCUT2D eigenvalue weighted by molar-refractivity contribution is 5.89. The summed E-state index contributed by atoms with van der Waals surface area (Å²) in [4.78, 5) is 12.8. The van der Waals surface area contributed by atoms with Gasteiger partial charge in [0.05, 0.1) is 0 Å². The summed E-state index contributed by atoms with van der Waals surface area (Å²) in [5, 5.41) is 0. The Morgan fingerprint density at radius 2 is 1.71 bits per heavy atom. The van der Waals surface area contributed by atoms with Gasteiger partial charge in [0.15, 0.2) is 5.78 Å². The SMILES string of the molecule is CCOC1(C(=O)Cc2ccc(CC)cc2)CCC(C)CC1. The van der Waals surface area contributed by atoms with Crippen LogP contribution in [-0.4, -0.2) is 18.0 Å². The molecule has 0 radical (unpaired) electrons. The van der Waals surface area contributed by atoms with Crippen LogP contribution in [0.5, 0.6) is 0 Å². The predicted octanol–water partition coefficient (Wildman–Crippen LogP) is 4.35. The molecule has 0 N–H and O–H groups in total. The maximum absolute atomic E-state index is 12.8. The molecule has 21 heavy (non-hydrogen) atoms. The lowest BCUT2D eigenvalue weighted by Gasteiger charge is -2.38. The molecule has 0 unspecified atom stereocenters. The molecule has 1 aliphatic carbocycles. The van der Waals surface area contributed by atoms with E-state index in [1.807, 2.05) is 6.92 Å². The maximum atomic E-state index is 12.8. The topological polar surface area (TPSA) is 26.3 Å². The van der Waals surface area contributed by atoms with Crippen molar-refractivity contribution in [1.82, 2.24) is 0 Å². The summed E-state index contributed by atoms with van der Waals surface area (Å²) in [5.41, 5.74) is 1.90. The zero-order chi connectivity index (χ0) is 15.3. The van der Waals surface area contributed by atoms with E-state index in [1.165, 1.54) is 5.56 Å². The molecular weight excluding hydrogens is 260 g/mol. The van der Waals surface area contributed by atoms with Gasteiger partial charge < -0.3 is 4.74 Å². The Morgan fingerprint density at radius 1 is 1.14 bits per heavy atom. The van der Waals surface area contributed by atoms with E-state index >= 15 is 0 Å². The molecule has 0 bridgehead atoms. The number of hydrogen-bond donors (Lipinski definition) is 0. The van der Waals surface area contributed by atoms with Crippen molar-refractivity contribution in [2.45, 2.75) is 64.9 Å². The summed E-state index contributed by atoms with van der Waals surface area (Å²) in [6.07, 6.45) is 5.50. The first-order valence-electron chi connectivity index (χ1n) is 8.34. The number of ketones is 1. The molecule has 2 nitrogen and oxygen atoms in total. The van der Waals surface area contributed by atoms with Crippen molar-refractivity contribution < 1.29 is 9.53 Å². The number of carbonyl (C=O) groups is 1. The van der Waals surface area contributed by atoms with E-state index in [1.54, 1.807) is 0 Å². The molecule has 1 aromatic carbocycles.